The quantitative estimate of drug-likeness (QED) is 0.512. The first kappa shape index (κ1) is 21.2. The molecular weight excluding hydrogens is 399 g/mol. The van der Waals surface area contributed by atoms with E-state index in [9.17, 15) is 14.0 Å². The topological polar surface area (TPSA) is 122 Å². The van der Waals surface area contributed by atoms with Gasteiger partial charge in [-0.1, -0.05) is 6.07 Å². The van der Waals surface area contributed by atoms with Crippen LogP contribution in [0.1, 0.15) is 42.6 Å². The van der Waals surface area contributed by atoms with Crippen molar-refractivity contribution in [3.8, 4) is 0 Å². The van der Waals surface area contributed by atoms with Gasteiger partial charge < -0.3 is 21.7 Å². The molecule has 8 nitrogen and oxygen atoms in total. The van der Waals surface area contributed by atoms with Gasteiger partial charge in [-0.25, -0.2) is 9.97 Å². The number of nitrogens with two attached hydrogens (primary N) is 1. The van der Waals surface area contributed by atoms with Gasteiger partial charge in [-0.2, -0.15) is 4.39 Å². The first-order chi connectivity index (χ1) is 14.9. The van der Waals surface area contributed by atoms with Crippen LogP contribution in [0.4, 0.5) is 10.2 Å². The van der Waals surface area contributed by atoms with Gasteiger partial charge in [-0.05, 0) is 74.4 Å². The summed E-state index contributed by atoms with van der Waals surface area (Å²) in [6.45, 7) is 2.34. The minimum atomic E-state index is -0.659. The Morgan fingerprint density at radius 3 is 3.00 bits per heavy atom. The predicted molar refractivity (Wildman–Crippen MR) is 113 cm³/mol. The van der Waals surface area contributed by atoms with Gasteiger partial charge >= 0.3 is 0 Å². The van der Waals surface area contributed by atoms with Crippen LogP contribution in [0.5, 0.6) is 0 Å². The lowest BCUT2D eigenvalue weighted by atomic mass is 9.97. The third-order valence-corrected chi connectivity index (χ3v) is 6.00. The molecule has 0 spiro atoms. The number of halogens is 1. The Labute approximate surface area is 180 Å². The molecule has 5 N–H and O–H groups in total. The van der Waals surface area contributed by atoms with Gasteiger partial charge in [0.25, 0.3) is 0 Å². The van der Waals surface area contributed by atoms with Gasteiger partial charge in [-0.3, -0.25) is 9.59 Å². The number of aromatic nitrogens is 2. The number of hydrogen-bond donors (Lipinski definition) is 4. The molecule has 1 aliphatic carbocycles. The summed E-state index contributed by atoms with van der Waals surface area (Å²) in [5.41, 5.74) is 8.49. The molecule has 2 aromatic heterocycles. The number of carbonyl (C=O) groups excluding carboxylic acids is 2. The van der Waals surface area contributed by atoms with E-state index in [0.717, 1.165) is 29.7 Å². The van der Waals surface area contributed by atoms with Crippen molar-refractivity contribution >= 4 is 17.6 Å². The number of nitrogens with one attached hydrogen (secondary N) is 3. The molecule has 0 aromatic carbocycles. The highest BCUT2D eigenvalue weighted by atomic mass is 19.1. The lowest BCUT2D eigenvalue weighted by molar-refractivity contribution is -0.129. The molecule has 1 aliphatic heterocycles. The van der Waals surface area contributed by atoms with Gasteiger partial charge in [0.1, 0.15) is 11.9 Å². The standard InChI is InChI=1S/C22H27FN6O2/c1-12(21(30)29-17-4-3-16-15(17)2-5-20(24)28-16)27-22(31)18-9-14(11-26-18)8-13-6-7-25-19(23)10-13/h2,5-7,10,12,14,17-18,26H,3-4,8-9,11H2,1H3,(H2,24,28)(H,27,31)(H,29,30)/t12-,14-,17?,18+/m0/s1. The number of pyridine rings is 2. The molecule has 164 valence electrons. The Morgan fingerprint density at radius 2 is 2.19 bits per heavy atom. The molecule has 4 atom stereocenters. The van der Waals surface area contributed by atoms with Gasteiger partial charge in [0.2, 0.25) is 17.8 Å². The van der Waals surface area contributed by atoms with Crippen molar-refractivity contribution in [2.24, 2.45) is 5.92 Å². The van der Waals surface area contributed by atoms with E-state index in [4.69, 9.17) is 5.73 Å². The lowest BCUT2D eigenvalue weighted by Crippen LogP contribution is -2.50. The van der Waals surface area contributed by atoms with Crippen LogP contribution >= 0.6 is 0 Å². The highest BCUT2D eigenvalue weighted by molar-refractivity contribution is 5.89. The second kappa shape index (κ2) is 8.97. The van der Waals surface area contributed by atoms with Crippen LogP contribution in [0, 0.1) is 11.9 Å². The summed E-state index contributed by atoms with van der Waals surface area (Å²) < 4.78 is 13.3. The molecule has 2 aromatic rings. The Morgan fingerprint density at radius 1 is 1.35 bits per heavy atom. The Hall–Kier alpha value is -3.07. The number of carbonyl (C=O) groups is 2. The first-order valence-electron chi connectivity index (χ1n) is 10.6. The largest absolute Gasteiger partial charge is 0.384 e. The first-order valence-corrected chi connectivity index (χ1v) is 10.6. The van der Waals surface area contributed by atoms with E-state index in [1.54, 1.807) is 19.1 Å². The Kier molecular flexibility index (Phi) is 6.13. The maximum atomic E-state index is 13.3. The van der Waals surface area contributed by atoms with Crippen LogP contribution in [-0.4, -0.2) is 40.4 Å². The zero-order valence-electron chi connectivity index (χ0n) is 17.4. The highest BCUT2D eigenvalue weighted by Gasteiger charge is 2.32. The number of fused-ring (bicyclic) bond motifs is 1. The molecular formula is C22H27FN6O2. The molecule has 0 saturated carbocycles. The van der Waals surface area contributed by atoms with Crippen molar-refractivity contribution in [3.05, 3.63) is 53.2 Å². The second-order valence-electron chi connectivity index (χ2n) is 8.36. The van der Waals surface area contributed by atoms with Crippen molar-refractivity contribution in [1.82, 2.24) is 25.9 Å². The number of nitrogens with zero attached hydrogens (tertiary/aromatic N) is 2. The zero-order valence-corrected chi connectivity index (χ0v) is 17.4. The monoisotopic (exact) mass is 426 g/mol. The van der Waals surface area contributed by atoms with Gasteiger partial charge in [-0.15, -0.1) is 0 Å². The zero-order chi connectivity index (χ0) is 22.0. The summed E-state index contributed by atoms with van der Waals surface area (Å²) >= 11 is 0. The number of rotatable bonds is 6. The number of anilines is 1. The van der Waals surface area contributed by atoms with Crippen molar-refractivity contribution in [1.29, 1.82) is 0 Å². The summed E-state index contributed by atoms with van der Waals surface area (Å²) in [5.74, 6) is -0.238. The van der Waals surface area contributed by atoms with Crippen LogP contribution in [-0.2, 0) is 22.4 Å². The van der Waals surface area contributed by atoms with Crippen LogP contribution in [0.2, 0.25) is 0 Å². The molecule has 3 heterocycles. The lowest BCUT2D eigenvalue weighted by Gasteiger charge is -2.20. The normalized spacial score (nSPS) is 23.2. The van der Waals surface area contributed by atoms with Crippen molar-refractivity contribution in [2.75, 3.05) is 12.3 Å². The maximum Gasteiger partial charge on any atom is 0.242 e. The predicted octanol–water partition coefficient (Wildman–Crippen LogP) is 1.03. The van der Waals surface area contributed by atoms with Gasteiger partial charge in [0, 0.05) is 11.9 Å². The molecule has 2 aliphatic rings. The summed E-state index contributed by atoms with van der Waals surface area (Å²) in [6, 6.07) is 5.69. The van der Waals surface area contributed by atoms with E-state index in [-0.39, 0.29) is 29.8 Å². The number of hydrogen-bond acceptors (Lipinski definition) is 6. The van der Waals surface area contributed by atoms with Crippen molar-refractivity contribution in [3.63, 3.8) is 0 Å². The fourth-order valence-corrected chi connectivity index (χ4v) is 4.38. The van der Waals surface area contributed by atoms with Crippen LogP contribution in [0.25, 0.3) is 0 Å². The summed E-state index contributed by atoms with van der Waals surface area (Å²) in [4.78, 5) is 33.2. The Bertz CT molecular complexity index is 984. The molecule has 9 heteroatoms. The SMILES string of the molecule is C[C@H](NC(=O)[C@H]1C[C@H](Cc2ccnc(F)c2)CN1)C(=O)NC1CCc2nc(N)ccc21. The maximum absolute atomic E-state index is 13.3. The second-order valence-corrected chi connectivity index (χ2v) is 8.36. The van der Waals surface area contributed by atoms with Gasteiger partial charge in [0.05, 0.1) is 12.1 Å². The Balaban J connectivity index is 1.26. The molecule has 0 bridgehead atoms. The van der Waals surface area contributed by atoms with Crippen LogP contribution in [0.3, 0.4) is 0 Å². The molecule has 4 rings (SSSR count). The molecule has 0 radical (unpaired) electrons. The smallest absolute Gasteiger partial charge is 0.242 e. The fourth-order valence-electron chi connectivity index (χ4n) is 4.38. The summed E-state index contributed by atoms with van der Waals surface area (Å²) in [7, 11) is 0. The van der Waals surface area contributed by atoms with Crippen LogP contribution in [0.15, 0.2) is 30.5 Å². The molecule has 2 amide bonds. The molecule has 1 fully saturated rings. The van der Waals surface area contributed by atoms with E-state index in [1.807, 2.05) is 6.07 Å². The van der Waals surface area contributed by atoms with E-state index < -0.39 is 12.0 Å². The molecule has 1 saturated heterocycles. The van der Waals surface area contributed by atoms with Crippen molar-refractivity contribution < 1.29 is 14.0 Å². The third-order valence-electron chi connectivity index (χ3n) is 6.00. The minimum absolute atomic E-state index is 0.121. The van der Waals surface area contributed by atoms with Crippen LogP contribution < -0.4 is 21.7 Å². The average molecular weight is 426 g/mol. The van der Waals surface area contributed by atoms with E-state index in [1.165, 1.54) is 12.3 Å². The third kappa shape index (κ3) is 4.99. The van der Waals surface area contributed by atoms with E-state index in [2.05, 4.69) is 25.9 Å². The molecule has 1 unspecified atom stereocenters. The number of aryl methyl sites for hydroxylation is 1. The van der Waals surface area contributed by atoms with E-state index in [0.29, 0.717) is 25.2 Å². The highest BCUT2D eigenvalue weighted by Crippen LogP contribution is 2.30. The number of amides is 2. The average Bonchev–Trinajstić information content (AvgIpc) is 3.35. The van der Waals surface area contributed by atoms with Gasteiger partial charge in [0.15, 0.2) is 0 Å². The van der Waals surface area contributed by atoms with Crippen molar-refractivity contribution in [2.45, 2.75) is 50.7 Å². The van der Waals surface area contributed by atoms with E-state index >= 15 is 0 Å². The summed E-state index contributed by atoms with van der Waals surface area (Å²) in [5, 5.41) is 9.01. The fraction of sp³-hybridized carbons (Fsp3) is 0.455. The molecule has 31 heavy (non-hydrogen) atoms. The minimum Gasteiger partial charge on any atom is -0.384 e. The number of nitrogen functional groups attached to an aromatic ring is 1. The summed E-state index contributed by atoms with van der Waals surface area (Å²) in [6.07, 6.45) is 4.28.